The molecule has 4 rings (SSSR count). The average molecular weight is 363 g/mol. The van der Waals surface area contributed by atoms with Gasteiger partial charge >= 0.3 is 0 Å². The van der Waals surface area contributed by atoms with Crippen molar-refractivity contribution >= 4 is 11.6 Å². The molecule has 138 valence electrons. The van der Waals surface area contributed by atoms with E-state index in [-0.39, 0.29) is 11.7 Å². The van der Waals surface area contributed by atoms with Crippen LogP contribution in [0.25, 0.3) is 5.69 Å². The van der Waals surface area contributed by atoms with Crippen molar-refractivity contribution in [2.45, 2.75) is 39.5 Å². The molecule has 0 spiro atoms. The highest BCUT2D eigenvalue weighted by Gasteiger charge is 2.26. The first-order valence-corrected chi connectivity index (χ1v) is 9.29. The van der Waals surface area contributed by atoms with Gasteiger partial charge in [0.15, 0.2) is 5.69 Å². The van der Waals surface area contributed by atoms with E-state index in [9.17, 15) is 9.18 Å². The zero-order chi connectivity index (χ0) is 19.0. The lowest BCUT2D eigenvalue weighted by molar-refractivity contribution is 0.102. The molecule has 1 aliphatic rings. The molecule has 0 bridgehead atoms. The molecular formula is C22H22FN3O. The van der Waals surface area contributed by atoms with E-state index in [0.717, 1.165) is 59.4 Å². The second kappa shape index (κ2) is 6.99. The minimum atomic E-state index is -0.285. The number of fused-ring (bicyclic) bond motifs is 1. The Morgan fingerprint density at radius 2 is 1.81 bits per heavy atom. The number of nitrogens with zero attached hydrogens (tertiary/aromatic N) is 2. The molecule has 2 aromatic carbocycles. The molecule has 0 radical (unpaired) electrons. The third-order valence-electron chi connectivity index (χ3n) is 5.32. The van der Waals surface area contributed by atoms with Crippen molar-refractivity contribution in [2.24, 2.45) is 0 Å². The van der Waals surface area contributed by atoms with Crippen LogP contribution in [0, 0.1) is 19.7 Å². The van der Waals surface area contributed by atoms with E-state index in [1.54, 1.807) is 16.8 Å². The van der Waals surface area contributed by atoms with Gasteiger partial charge in [-0.25, -0.2) is 9.07 Å². The summed E-state index contributed by atoms with van der Waals surface area (Å²) in [5.41, 5.74) is 6.30. The fourth-order valence-electron chi connectivity index (χ4n) is 3.65. The normalized spacial score (nSPS) is 13.3. The Balaban J connectivity index is 1.73. The Labute approximate surface area is 158 Å². The van der Waals surface area contributed by atoms with Crippen LogP contribution in [-0.2, 0) is 12.8 Å². The summed E-state index contributed by atoms with van der Waals surface area (Å²) in [5.74, 6) is -0.477. The Morgan fingerprint density at radius 3 is 2.59 bits per heavy atom. The minimum absolute atomic E-state index is 0.192. The molecule has 0 fully saturated rings. The third kappa shape index (κ3) is 3.25. The predicted octanol–water partition coefficient (Wildman–Crippen LogP) is 4.76. The highest BCUT2D eigenvalue weighted by Crippen LogP contribution is 2.28. The van der Waals surface area contributed by atoms with E-state index in [1.165, 1.54) is 12.1 Å². The maximum absolute atomic E-state index is 13.3. The van der Waals surface area contributed by atoms with Gasteiger partial charge in [0.2, 0.25) is 0 Å². The number of rotatable bonds is 3. The van der Waals surface area contributed by atoms with Crippen LogP contribution in [0.2, 0.25) is 0 Å². The molecule has 4 nitrogen and oxygen atoms in total. The SMILES string of the molecule is Cc1cccc(NC(=O)c2nn(-c3ccc(F)cc3)c3c2CCCC3)c1C. The van der Waals surface area contributed by atoms with E-state index < -0.39 is 0 Å². The van der Waals surface area contributed by atoms with Crippen molar-refractivity contribution in [3.8, 4) is 5.69 Å². The highest BCUT2D eigenvalue weighted by molar-refractivity contribution is 6.04. The predicted molar refractivity (Wildman–Crippen MR) is 104 cm³/mol. The van der Waals surface area contributed by atoms with Crippen LogP contribution in [0.5, 0.6) is 0 Å². The van der Waals surface area contributed by atoms with Gasteiger partial charge in [-0.3, -0.25) is 4.79 Å². The Bertz CT molecular complexity index is 1010. The standard InChI is InChI=1S/C22H22FN3O/c1-14-6-5-8-19(15(14)2)24-22(27)21-18-7-3-4-9-20(18)26(25-21)17-12-10-16(23)11-13-17/h5-6,8,10-13H,3-4,7,9H2,1-2H3,(H,24,27). The number of halogens is 1. The lowest BCUT2D eigenvalue weighted by Gasteiger charge is -2.14. The first-order chi connectivity index (χ1) is 13.0. The van der Waals surface area contributed by atoms with Gasteiger partial charge in [-0.15, -0.1) is 0 Å². The lowest BCUT2D eigenvalue weighted by Crippen LogP contribution is -2.16. The highest BCUT2D eigenvalue weighted by atomic mass is 19.1. The topological polar surface area (TPSA) is 46.9 Å². The van der Waals surface area contributed by atoms with Crippen LogP contribution in [0.3, 0.4) is 0 Å². The number of hydrogen-bond acceptors (Lipinski definition) is 2. The molecule has 27 heavy (non-hydrogen) atoms. The monoisotopic (exact) mass is 363 g/mol. The van der Waals surface area contributed by atoms with Crippen molar-refractivity contribution in [1.82, 2.24) is 9.78 Å². The summed E-state index contributed by atoms with van der Waals surface area (Å²) in [7, 11) is 0. The Kier molecular flexibility index (Phi) is 4.52. The molecule has 1 heterocycles. The Morgan fingerprint density at radius 1 is 1.07 bits per heavy atom. The van der Waals surface area contributed by atoms with Crippen LogP contribution in [-0.4, -0.2) is 15.7 Å². The molecule has 1 amide bonds. The molecule has 0 saturated heterocycles. The van der Waals surface area contributed by atoms with Crippen molar-refractivity contribution in [2.75, 3.05) is 5.32 Å². The van der Waals surface area contributed by atoms with Gasteiger partial charge in [-0.1, -0.05) is 12.1 Å². The van der Waals surface area contributed by atoms with E-state index in [1.807, 2.05) is 32.0 Å². The number of anilines is 1. The first-order valence-electron chi connectivity index (χ1n) is 9.29. The van der Waals surface area contributed by atoms with E-state index in [2.05, 4.69) is 10.4 Å². The van der Waals surface area contributed by atoms with Gasteiger partial charge in [-0.2, -0.15) is 5.10 Å². The second-order valence-corrected chi connectivity index (χ2v) is 7.07. The van der Waals surface area contributed by atoms with Crippen molar-refractivity contribution in [3.05, 3.63) is 76.4 Å². The van der Waals surface area contributed by atoms with Crippen LogP contribution < -0.4 is 5.32 Å². The summed E-state index contributed by atoms with van der Waals surface area (Å²) < 4.78 is 15.1. The summed E-state index contributed by atoms with van der Waals surface area (Å²) in [6.45, 7) is 4.02. The molecule has 0 atom stereocenters. The number of nitrogens with one attached hydrogen (secondary N) is 1. The minimum Gasteiger partial charge on any atom is -0.320 e. The van der Waals surface area contributed by atoms with Crippen molar-refractivity contribution in [1.29, 1.82) is 0 Å². The summed E-state index contributed by atoms with van der Waals surface area (Å²) in [4.78, 5) is 13.0. The largest absolute Gasteiger partial charge is 0.320 e. The van der Waals surface area contributed by atoms with Crippen LogP contribution in [0.15, 0.2) is 42.5 Å². The van der Waals surface area contributed by atoms with Crippen LogP contribution in [0.1, 0.15) is 45.7 Å². The fraction of sp³-hybridized carbons (Fsp3) is 0.273. The van der Waals surface area contributed by atoms with Crippen molar-refractivity contribution in [3.63, 3.8) is 0 Å². The lowest BCUT2D eigenvalue weighted by atomic mass is 9.95. The number of carbonyl (C=O) groups excluding carboxylic acids is 1. The van der Waals surface area contributed by atoms with Gasteiger partial charge in [0.05, 0.1) is 5.69 Å². The number of carbonyl (C=O) groups is 1. The molecule has 3 aromatic rings. The van der Waals surface area contributed by atoms with E-state index >= 15 is 0 Å². The number of hydrogen-bond donors (Lipinski definition) is 1. The molecule has 0 saturated carbocycles. The number of benzene rings is 2. The number of amides is 1. The first kappa shape index (κ1) is 17.5. The molecule has 0 unspecified atom stereocenters. The summed E-state index contributed by atoms with van der Waals surface area (Å²) in [6, 6.07) is 12.1. The fourth-order valence-corrected chi connectivity index (χ4v) is 3.65. The van der Waals surface area contributed by atoms with Gasteiger partial charge < -0.3 is 5.32 Å². The van der Waals surface area contributed by atoms with E-state index in [0.29, 0.717) is 5.69 Å². The molecule has 1 N–H and O–H groups in total. The van der Waals surface area contributed by atoms with Gasteiger partial charge in [0.25, 0.3) is 5.91 Å². The van der Waals surface area contributed by atoms with Gasteiger partial charge in [0.1, 0.15) is 5.82 Å². The Hall–Kier alpha value is -2.95. The summed E-state index contributed by atoms with van der Waals surface area (Å²) in [6.07, 6.45) is 3.83. The molecule has 0 aliphatic heterocycles. The van der Waals surface area contributed by atoms with E-state index in [4.69, 9.17) is 0 Å². The average Bonchev–Trinajstić information content (AvgIpc) is 3.06. The van der Waals surface area contributed by atoms with Gasteiger partial charge in [0, 0.05) is 16.9 Å². The second-order valence-electron chi connectivity index (χ2n) is 7.07. The third-order valence-corrected chi connectivity index (χ3v) is 5.32. The smallest absolute Gasteiger partial charge is 0.276 e. The molecular weight excluding hydrogens is 341 g/mol. The summed E-state index contributed by atoms with van der Waals surface area (Å²) >= 11 is 0. The van der Waals surface area contributed by atoms with Crippen LogP contribution >= 0.6 is 0 Å². The maximum Gasteiger partial charge on any atom is 0.276 e. The molecule has 5 heteroatoms. The van der Waals surface area contributed by atoms with Crippen molar-refractivity contribution < 1.29 is 9.18 Å². The maximum atomic E-state index is 13.3. The number of aromatic nitrogens is 2. The number of aryl methyl sites for hydroxylation is 1. The van der Waals surface area contributed by atoms with Gasteiger partial charge in [-0.05, 0) is 81.0 Å². The quantitative estimate of drug-likeness (QED) is 0.729. The van der Waals surface area contributed by atoms with Crippen LogP contribution in [0.4, 0.5) is 10.1 Å². The summed E-state index contributed by atoms with van der Waals surface area (Å²) in [5, 5.41) is 7.64. The molecule has 1 aromatic heterocycles. The molecule has 1 aliphatic carbocycles. The zero-order valence-electron chi connectivity index (χ0n) is 15.6. The zero-order valence-corrected chi connectivity index (χ0v) is 15.6.